The summed E-state index contributed by atoms with van der Waals surface area (Å²) in [5.74, 6) is 1.40. The molecule has 5 heterocycles. The van der Waals surface area contributed by atoms with Gasteiger partial charge in [0.15, 0.2) is 5.65 Å². The molecule has 6 rings (SSSR count). The van der Waals surface area contributed by atoms with E-state index in [0.29, 0.717) is 24.3 Å². The van der Waals surface area contributed by atoms with Gasteiger partial charge in [-0.25, -0.2) is 4.98 Å². The van der Waals surface area contributed by atoms with Gasteiger partial charge in [0.2, 0.25) is 0 Å². The number of nitrogens with zero attached hydrogens (tertiary/aromatic N) is 6. The highest BCUT2D eigenvalue weighted by Gasteiger charge is 2.40. The van der Waals surface area contributed by atoms with Crippen molar-refractivity contribution in [1.29, 1.82) is 0 Å². The number of aryl methyl sites for hydroxylation is 2. The molecule has 2 bridgehead atoms. The van der Waals surface area contributed by atoms with Gasteiger partial charge in [0.1, 0.15) is 17.7 Å². The van der Waals surface area contributed by atoms with Crippen LogP contribution in [0.5, 0.6) is 0 Å². The summed E-state index contributed by atoms with van der Waals surface area (Å²) in [6.07, 6.45) is 1.09. The third-order valence-corrected chi connectivity index (χ3v) is 8.62. The van der Waals surface area contributed by atoms with E-state index in [-0.39, 0.29) is 19.1 Å². The van der Waals surface area contributed by atoms with Gasteiger partial charge < -0.3 is 20.0 Å². The summed E-state index contributed by atoms with van der Waals surface area (Å²) in [6, 6.07) is 8.60. The van der Waals surface area contributed by atoms with Gasteiger partial charge >= 0.3 is 6.18 Å². The first-order chi connectivity index (χ1) is 19.2. The molecule has 2 atom stereocenters. The second-order valence-corrected chi connectivity index (χ2v) is 11.5. The third kappa shape index (κ3) is 5.13. The van der Waals surface area contributed by atoms with Gasteiger partial charge in [-0.2, -0.15) is 22.8 Å². The summed E-state index contributed by atoms with van der Waals surface area (Å²) < 4.78 is 44.3. The average molecular weight is 554 g/mol. The minimum absolute atomic E-state index is 0.0272. The van der Waals surface area contributed by atoms with E-state index in [4.69, 9.17) is 10.1 Å². The van der Waals surface area contributed by atoms with Crippen LogP contribution in [0.4, 0.5) is 24.8 Å². The third-order valence-electron chi connectivity index (χ3n) is 8.62. The van der Waals surface area contributed by atoms with E-state index in [0.717, 1.165) is 79.2 Å². The Morgan fingerprint density at radius 2 is 1.85 bits per heavy atom. The molecule has 0 radical (unpaired) electrons. The molecule has 2 fully saturated rings. The highest BCUT2D eigenvalue weighted by molar-refractivity contribution is 5.67. The number of piperidine rings is 1. The zero-order valence-corrected chi connectivity index (χ0v) is 23.3. The number of fused-ring (bicyclic) bond motifs is 4. The lowest BCUT2D eigenvalue weighted by Gasteiger charge is -2.38. The van der Waals surface area contributed by atoms with E-state index in [2.05, 4.69) is 46.8 Å². The number of aromatic nitrogens is 3. The van der Waals surface area contributed by atoms with Crippen molar-refractivity contribution in [1.82, 2.24) is 24.8 Å². The van der Waals surface area contributed by atoms with Gasteiger partial charge in [0, 0.05) is 56.6 Å². The summed E-state index contributed by atoms with van der Waals surface area (Å²) in [5.41, 5.74) is 5.84. The second kappa shape index (κ2) is 10.6. The molecule has 40 heavy (non-hydrogen) atoms. The smallest absolute Gasteiger partial charge is 0.363 e. The van der Waals surface area contributed by atoms with E-state index < -0.39 is 12.2 Å². The largest absolute Gasteiger partial charge is 0.405 e. The fourth-order valence-corrected chi connectivity index (χ4v) is 6.21. The first-order valence-electron chi connectivity index (χ1n) is 14.4. The fraction of sp³-hybridized carbons (Fsp3) is 0.533. The zero-order valence-electron chi connectivity index (χ0n) is 23.3. The maximum Gasteiger partial charge on any atom is 0.405 e. The van der Waals surface area contributed by atoms with Gasteiger partial charge in [-0.1, -0.05) is 24.3 Å². The van der Waals surface area contributed by atoms with Gasteiger partial charge in [-0.05, 0) is 63.6 Å². The molecule has 2 unspecified atom stereocenters. The van der Waals surface area contributed by atoms with Crippen LogP contribution in [-0.2, 0) is 6.42 Å². The number of alkyl halides is 3. The number of halogens is 3. The SMILES string of the molecule is C=C1c2cc(C)ccc2CCCNC(C(F)(F)F)CN(C)c2cc(N3CCC3)nc3cc(nn23)C2CCCCN12. The van der Waals surface area contributed by atoms with Crippen molar-refractivity contribution in [2.24, 2.45) is 0 Å². The van der Waals surface area contributed by atoms with Crippen LogP contribution in [0.3, 0.4) is 0 Å². The highest BCUT2D eigenvalue weighted by Crippen LogP contribution is 2.38. The number of nitrogens with one attached hydrogen (secondary N) is 1. The summed E-state index contributed by atoms with van der Waals surface area (Å²) in [6.45, 7) is 9.35. The van der Waals surface area contributed by atoms with Crippen LogP contribution >= 0.6 is 0 Å². The van der Waals surface area contributed by atoms with Crippen molar-refractivity contribution in [2.75, 3.05) is 49.6 Å². The van der Waals surface area contributed by atoms with Crippen LogP contribution in [-0.4, -0.2) is 71.5 Å². The summed E-state index contributed by atoms with van der Waals surface area (Å²) >= 11 is 0. The van der Waals surface area contributed by atoms with Crippen LogP contribution < -0.4 is 15.1 Å². The number of benzene rings is 1. The molecule has 10 heteroatoms. The molecule has 1 aromatic carbocycles. The van der Waals surface area contributed by atoms with Crippen LogP contribution in [0, 0.1) is 6.92 Å². The summed E-state index contributed by atoms with van der Waals surface area (Å²) in [7, 11) is 1.72. The Bertz CT molecular complexity index is 1390. The van der Waals surface area contributed by atoms with Crippen LogP contribution in [0.2, 0.25) is 0 Å². The summed E-state index contributed by atoms with van der Waals surface area (Å²) in [5, 5.41) is 7.81. The van der Waals surface area contributed by atoms with Gasteiger partial charge in [-0.3, -0.25) is 0 Å². The van der Waals surface area contributed by atoms with Gasteiger partial charge in [0.05, 0.1) is 11.7 Å². The lowest BCUT2D eigenvalue weighted by Crippen LogP contribution is -2.50. The van der Waals surface area contributed by atoms with Gasteiger partial charge in [-0.15, -0.1) is 0 Å². The molecule has 1 N–H and O–H groups in total. The molecule has 3 aromatic rings. The standard InChI is InChI=1S/C30H38F3N7/c1-20-10-11-22-8-6-12-34-26(30(31,32)33)19-37(3)29-18-27(38-13-7-14-38)35-28-17-24(36-40(28)29)25-9-4-5-15-39(25)21(2)23(22)16-20/h10-11,16-18,25-26,34H,2,4-9,12-15,19H2,1,3H3. The normalized spacial score (nSPS) is 22.8. The fourth-order valence-electron chi connectivity index (χ4n) is 6.21. The Kier molecular flexibility index (Phi) is 7.14. The molecular formula is C30H38F3N7. The molecule has 0 spiro atoms. The predicted molar refractivity (Wildman–Crippen MR) is 153 cm³/mol. The van der Waals surface area contributed by atoms with Crippen LogP contribution in [0.15, 0.2) is 36.9 Å². The number of rotatable bonds is 1. The minimum Gasteiger partial charge on any atom is -0.363 e. The van der Waals surface area contributed by atoms with E-state index in [1.807, 2.05) is 12.1 Å². The topological polar surface area (TPSA) is 51.9 Å². The first kappa shape index (κ1) is 26.9. The Morgan fingerprint density at radius 3 is 2.60 bits per heavy atom. The predicted octanol–water partition coefficient (Wildman–Crippen LogP) is 5.35. The zero-order chi connectivity index (χ0) is 28.0. The quantitative estimate of drug-likeness (QED) is 0.439. The van der Waals surface area contributed by atoms with Crippen LogP contribution in [0.1, 0.15) is 60.5 Å². The van der Waals surface area contributed by atoms with E-state index in [1.165, 1.54) is 0 Å². The lowest BCUT2D eigenvalue weighted by atomic mass is 9.93. The van der Waals surface area contributed by atoms with E-state index >= 15 is 0 Å². The van der Waals surface area contributed by atoms with E-state index in [9.17, 15) is 13.2 Å². The Hall–Kier alpha value is -3.27. The van der Waals surface area contributed by atoms with Crippen molar-refractivity contribution in [3.8, 4) is 0 Å². The lowest BCUT2D eigenvalue weighted by molar-refractivity contribution is -0.153. The molecular weight excluding hydrogens is 515 g/mol. The maximum atomic E-state index is 14.2. The number of hydrogen-bond acceptors (Lipinski definition) is 6. The number of hydrogen-bond donors (Lipinski definition) is 1. The molecule has 3 aliphatic rings. The molecule has 0 saturated carbocycles. The first-order valence-corrected chi connectivity index (χ1v) is 14.4. The Labute approximate surface area is 233 Å². The van der Waals surface area contributed by atoms with Gasteiger partial charge in [0.25, 0.3) is 0 Å². The van der Waals surface area contributed by atoms with Crippen molar-refractivity contribution in [2.45, 2.75) is 63.7 Å². The number of anilines is 2. The molecule has 7 nitrogen and oxygen atoms in total. The maximum absolute atomic E-state index is 14.2. The Morgan fingerprint density at radius 1 is 1.02 bits per heavy atom. The Balaban J connectivity index is 1.48. The van der Waals surface area contributed by atoms with Crippen molar-refractivity contribution in [3.05, 3.63) is 59.3 Å². The second-order valence-electron chi connectivity index (χ2n) is 11.5. The van der Waals surface area contributed by atoms with Crippen molar-refractivity contribution in [3.63, 3.8) is 0 Å². The molecule has 3 aliphatic heterocycles. The molecule has 0 amide bonds. The molecule has 2 aromatic heterocycles. The van der Waals surface area contributed by atoms with Crippen molar-refractivity contribution >= 4 is 23.0 Å². The summed E-state index contributed by atoms with van der Waals surface area (Å²) in [4.78, 5) is 11.1. The minimum atomic E-state index is -4.38. The molecule has 2 saturated heterocycles. The monoisotopic (exact) mass is 553 g/mol. The van der Waals surface area contributed by atoms with E-state index in [1.54, 1.807) is 16.5 Å². The number of likely N-dealkylation sites (N-methyl/N-ethyl adjacent to an activating group) is 1. The highest BCUT2D eigenvalue weighted by atomic mass is 19.4. The molecule has 214 valence electrons. The average Bonchev–Trinajstić information content (AvgIpc) is 3.32. The van der Waals surface area contributed by atoms with Crippen LogP contribution in [0.25, 0.3) is 11.3 Å². The van der Waals surface area contributed by atoms with Crippen molar-refractivity contribution < 1.29 is 13.2 Å². The molecule has 0 aliphatic carbocycles.